The molecule has 0 spiro atoms. The van der Waals surface area contributed by atoms with Crippen LogP contribution in [0.5, 0.6) is 0 Å². The highest BCUT2D eigenvalue weighted by Gasteiger charge is 2.31. The van der Waals surface area contributed by atoms with E-state index in [2.05, 4.69) is 42.5 Å². The molecule has 0 amide bonds. The molecule has 0 heterocycles. The van der Waals surface area contributed by atoms with Crippen LogP contribution in [0.25, 0.3) is 10.8 Å². The van der Waals surface area contributed by atoms with Gasteiger partial charge in [0.05, 0.1) is 5.38 Å². The first kappa shape index (κ1) is 9.23. The molecule has 0 aromatic heterocycles. The van der Waals surface area contributed by atoms with Crippen LogP contribution in [-0.2, 0) is 0 Å². The smallest absolute Gasteiger partial charge is 0.0619 e. The summed E-state index contributed by atoms with van der Waals surface area (Å²) in [6.45, 7) is 0. The minimum atomic E-state index is 0.205. The fraction of sp³-hybridized carbons (Fsp3) is 0.286. The average molecular weight is 217 g/mol. The zero-order valence-electron chi connectivity index (χ0n) is 8.49. The minimum absolute atomic E-state index is 0.205. The van der Waals surface area contributed by atoms with Crippen molar-refractivity contribution in [2.24, 2.45) is 5.92 Å². The van der Waals surface area contributed by atoms with E-state index in [9.17, 15) is 0 Å². The van der Waals surface area contributed by atoms with Crippen LogP contribution in [0.2, 0.25) is 0 Å². The van der Waals surface area contributed by atoms with E-state index < -0.39 is 0 Å². The van der Waals surface area contributed by atoms with Crippen molar-refractivity contribution in [3.63, 3.8) is 0 Å². The first-order valence-electron chi connectivity index (χ1n) is 5.48. The van der Waals surface area contributed by atoms with Crippen molar-refractivity contribution in [1.82, 2.24) is 0 Å². The highest BCUT2D eigenvalue weighted by atomic mass is 35.5. The third kappa shape index (κ3) is 1.63. The summed E-state index contributed by atoms with van der Waals surface area (Å²) >= 11 is 6.48. The topological polar surface area (TPSA) is 0 Å². The normalized spacial score (nSPS) is 17.9. The van der Waals surface area contributed by atoms with Crippen molar-refractivity contribution in [3.8, 4) is 0 Å². The van der Waals surface area contributed by atoms with Crippen LogP contribution in [0.4, 0.5) is 0 Å². The van der Waals surface area contributed by atoms with Gasteiger partial charge in [-0.3, -0.25) is 0 Å². The molecule has 1 aliphatic carbocycles. The number of halogens is 1. The minimum Gasteiger partial charge on any atom is -0.117 e. The van der Waals surface area contributed by atoms with E-state index in [1.54, 1.807) is 0 Å². The molecule has 0 bridgehead atoms. The first-order valence-corrected chi connectivity index (χ1v) is 5.91. The summed E-state index contributed by atoms with van der Waals surface area (Å²) in [5.41, 5.74) is 1.30. The maximum atomic E-state index is 6.48. The summed E-state index contributed by atoms with van der Waals surface area (Å²) in [5.74, 6) is 0.706. The van der Waals surface area contributed by atoms with Gasteiger partial charge in [-0.25, -0.2) is 0 Å². The zero-order valence-corrected chi connectivity index (χ0v) is 9.24. The van der Waals surface area contributed by atoms with Crippen LogP contribution in [0.1, 0.15) is 23.8 Å². The molecule has 0 aliphatic heterocycles. The molecule has 2 aromatic carbocycles. The summed E-state index contributed by atoms with van der Waals surface area (Å²) < 4.78 is 0. The second-order valence-electron chi connectivity index (χ2n) is 4.31. The van der Waals surface area contributed by atoms with Crippen LogP contribution in [0.15, 0.2) is 42.5 Å². The van der Waals surface area contributed by atoms with E-state index in [4.69, 9.17) is 11.6 Å². The Morgan fingerprint density at radius 2 is 1.73 bits per heavy atom. The van der Waals surface area contributed by atoms with Crippen molar-refractivity contribution in [2.75, 3.05) is 0 Å². The maximum Gasteiger partial charge on any atom is 0.0619 e. The predicted octanol–water partition coefficient (Wildman–Crippen LogP) is 4.53. The quantitative estimate of drug-likeness (QED) is 0.647. The average Bonchev–Trinajstić information content (AvgIpc) is 3.11. The highest BCUT2D eigenvalue weighted by Crippen LogP contribution is 2.46. The molecule has 1 unspecified atom stereocenters. The molecule has 3 rings (SSSR count). The predicted molar refractivity (Wildman–Crippen MR) is 65.3 cm³/mol. The molecule has 0 radical (unpaired) electrons. The SMILES string of the molecule is ClC(c1cccc2ccccc12)C1CC1. The van der Waals surface area contributed by atoms with Gasteiger partial charge in [0.25, 0.3) is 0 Å². The van der Waals surface area contributed by atoms with Gasteiger partial charge in [-0.1, -0.05) is 42.5 Å². The molecule has 1 saturated carbocycles. The van der Waals surface area contributed by atoms with Crippen LogP contribution < -0.4 is 0 Å². The van der Waals surface area contributed by atoms with Crippen molar-refractivity contribution in [2.45, 2.75) is 18.2 Å². The number of fused-ring (bicyclic) bond motifs is 1. The van der Waals surface area contributed by atoms with Gasteiger partial charge in [-0.15, -0.1) is 11.6 Å². The third-order valence-electron chi connectivity index (χ3n) is 3.16. The molecular formula is C14H13Cl. The van der Waals surface area contributed by atoms with Crippen LogP contribution in [-0.4, -0.2) is 0 Å². The standard InChI is InChI=1S/C14H13Cl/c15-14(11-8-9-11)13-7-3-5-10-4-1-2-6-12(10)13/h1-7,11,14H,8-9H2. The molecule has 0 saturated heterocycles. The maximum absolute atomic E-state index is 6.48. The lowest BCUT2D eigenvalue weighted by atomic mass is 10.00. The molecule has 0 nitrogen and oxygen atoms in total. The second kappa shape index (κ2) is 3.53. The summed E-state index contributed by atoms with van der Waals surface area (Å²) in [6.07, 6.45) is 2.58. The molecule has 1 aliphatic rings. The summed E-state index contributed by atoms with van der Waals surface area (Å²) in [4.78, 5) is 0. The van der Waals surface area contributed by atoms with Gasteiger partial charge < -0.3 is 0 Å². The van der Waals surface area contributed by atoms with Crippen molar-refractivity contribution in [3.05, 3.63) is 48.0 Å². The largest absolute Gasteiger partial charge is 0.117 e. The Hall–Kier alpha value is -1.01. The molecule has 1 fully saturated rings. The molecular weight excluding hydrogens is 204 g/mol. The van der Waals surface area contributed by atoms with Gasteiger partial charge in [0.2, 0.25) is 0 Å². The van der Waals surface area contributed by atoms with Crippen LogP contribution in [0, 0.1) is 5.92 Å². The van der Waals surface area contributed by atoms with Crippen molar-refractivity contribution >= 4 is 22.4 Å². The Bertz CT molecular complexity index is 480. The number of hydrogen-bond acceptors (Lipinski definition) is 0. The summed E-state index contributed by atoms with van der Waals surface area (Å²) in [6, 6.07) is 14.9. The van der Waals surface area contributed by atoms with E-state index in [1.807, 2.05) is 0 Å². The molecule has 1 heteroatoms. The number of rotatable bonds is 2. The van der Waals surface area contributed by atoms with E-state index in [0.29, 0.717) is 5.92 Å². The Balaban J connectivity index is 2.16. The second-order valence-corrected chi connectivity index (χ2v) is 4.78. The van der Waals surface area contributed by atoms with Crippen LogP contribution in [0.3, 0.4) is 0 Å². The van der Waals surface area contributed by atoms with Gasteiger partial charge in [0.15, 0.2) is 0 Å². The first-order chi connectivity index (χ1) is 7.36. The fourth-order valence-electron chi connectivity index (χ4n) is 2.13. The van der Waals surface area contributed by atoms with Crippen molar-refractivity contribution < 1.29 is 0 Å². The molecule has 2 aromatic rings. The van der Waals surface area contributed by atoms with Crippen LogP contribution >= 0.6 is 11.6 Å². The lowest BCUT2D eigenvalue weighted by Crippen LogP contribution is -1.93. The number of alkyl halides is 1. The Morgan fingerprint density at radius 3 is 2.53 bits per heavy atom. The fourth-order valence-corrected chi connectivity index (χ4v) is 2.58. The van der Waals surface area contributed by atoms with Gasteiger partial charge in [0, 0.05) is 0 Å². The summed E-state index contributed by atoms with van der Waals surface area (Å²) in [5, 5.41) is 2.81. The van der Waals surface area contributed by atoms with Gasteiger partial charge in [-0.2, -0.15) is 0 Å². The lowest BCUT2D eigenvalue weighted by molar-refractivity contribution is 0.803. The Kier molecular flexibility index (Phi) is 2.17. The highest BCUT2D eigenvalue weighted by molar-refractivity contribution is 6.22. The molecule has 76 valence electrons. The molecule has 1 atom stereocenters. The van der Waals surface area contributed by atoms with E-state index in [0.717, 1.165) is 0 Å². The van der Waals surface area contributed by atoms with E-state index in [-0.39, 0.29) is 5.38 Å². The summed E-state index contributed by atoms with van der Waals surface area (Å²) in [7, 11) is 0. The third-order valence-corrected chi connectivity index (χ3v) is 3.75. The monoisotopic (exact) mass is 216 g/mol. The number of benzene rings is 2. The zero-order chi connectivity index (χ0) is 10.3. The molecule has 15 heavy (non-hydrogen) atoms. The van der Waals surface area contributed by atoms with Gasteiger partial charge in [-0.05, 0) is 35.1 Å². The lowest BCUT2D eigenvalue weighted by Gasteiger charge is -2.11. The van der Waals surface area contributed by atoms with E-state index in [1.165, 1.54) is 29.2 Å². The van der Waals surface area contributed by atoms with E-state index >= 15 is 0 Å². The molecule has 0 N–H and O–H groups in total. The van der Waals surface area contributed by atoms with Crippen molar-refractivity contribution in [1.29, 1.82) is 0 Å². The Labute approximate surface area is 94.9 Å². The Morgan fingerprint density at radius 1 is 1.00 bits per heavy atom. The van der Waals surface area contributed by atoms with Gasteiger partial charge >= 0.3 is 0 Å². The number of hydrogen-bond donors (Lipinski definition) is 0. The van der Waals surface area contributed by atoms with Gasteiger partial charge in [0.1, 0.15) is 0 Å².